The summed E-state index contributed by atoms with van der Waals surface area (Å²) in [6.07, 6.45) is 3.42. The van der Waals surface area contributed by atoms with Crippen LogP contribution in [0.25, 0.3) is 0 Å². The summed E-state index contributed by atoms with van der Waals surface area (Å²) < 4.78 is 12.0. The molecule has 0 saturated heterocycles. The number of rotatable bonds is 8. The maximum atomic E-state index is 13.9. The fourth-order valence-corrected chi connectivity index (χ4v) is 5.23. The second kappa shape index (κ2) is 11.1. The maximum Gasteiger partial charge on any atom is 0.163 e. The monoisotopic (exact) mass is 496 g/mol. The molecule has 0 saturated carbocycles. The molecule has 0 aromatic heterocycles. The number of allylic oxidation sites excluding steroid dienone is 1. The van der Waals surface area contributed by atoms with Crippen LogP contribution in [0.15, 0.2) is 84.1 Å². The molecule has 2 atom stereocenters. The molecule has 0 spiro atoms. The molecular formula is C32H36N2O3. The molecule has 2 aliphatic rings. The summed E-state index contributed by atoms with van der Waals surface area (Å²) in [6, 6.07) is 24.2. The molecule has 37 heavy (non-hydrogen) atoms. The van der Waals surface area contributed by atoms with Gasteiger partial charge in [0.15, 0.2) is 5.78 Å². The number of fused-ring (bicyclic) bond motifs is 1. The molecule has 3 aromatic carbocycles. The molecule has 5 nitrogen and oxygen atoms in total. The zero-order valence-corrected chi connectivity index (χ0v) is 21.9. The van der Waals surface area contributed by atoms with Gasteiger partial charge in [0.1, 0.15) is 11.5 Å². The van der Waals surface area contributed by atoms with E-state index in [-0.39, 0.29) is 23.8 Å². The highest BCUT2D eigenvalue weighted by molar-refractivity contribution is 6.01. The Morgan fingerprint density at radius 1 is 0.919 bits per heavy atom. The Hall–Kier alpha value is -3.73. The average molecular weight is 497 g/mol. The predicted molar refractivity (Wildman–Crippen MR) is 149 cm³/mol. The Morgan fingerprint density at radius 2 is 1.65 bits per heavy atom. The third-order valence-electron chi connectivity index (χ3n) is 7.02. The third-order valence-corrected chi connectivity index (χ3v) is 7.02. The Balaban J connectivity index is 1.52. The SMILES string of the molecule is CCCCOc1ccccc1C1Nc2ccccc2NC2=C1C(=O)CC(c1ccc(OC(C)C)cc1)C2. The van der Waals surface area contributed by atoms with Crippen molar-refractivity contribution >= 4 is 17.2 Å². The van der Waals surface area contributed by atoms with E-state index < -0.39 is 0 Å². The lowest BCUT2D eigenvalue weighted by atomic mass is 9.78. The highest BCUT2D eigenvalue weighted by atomic mass is 16.5. The lowest BCUT2D eigenvalue weighted by Crippen LogP contribution is -2.27. The zero-order chi connectivity index (χ0) is 25.8. The Kier molecular flexibility index (Phi) is 7.50. The number of carbonyl (C=O) groups excluding carboxylic acids is 1. The first kappa shape index (κ1) is 24.9. The maximum absolute atomic E-state index is 13.9. The topological polar surface area (TPSA) is 59.6 Å². The van der Waals surface area contributed by atoms with Gasteiger partial charge >= 0.3 is 0 Å². The molecule has 3 aromatic rings. The number of hydrogen-bond acceptors (Lipinski definition) is 5. The van der Waals surface area contributed by atoms with Crippen LogP contribution in [0.3, 0.4) is 0 Å². The van der Waals surface area contributed by atoms with Gasteiger partial charge in [0.25, 0.3) is 0 Å². The summed E-state index contributed by atoms with van der Waals surface area (Å²) in [4.78, 5) is 13.9. The van der Waals surface area contributed by atoms with Gasteiger partial charge in [-0.05, 0) is 68.5 Å². The first-order valence-electron chi connectivity index (χ1n) is 13.4. The van der Waals surface area contributed by atoms with Gasteiger partial charge in [0, 0.05) is 23.3 Å². The molecule has 5 rings (SSSR count). The van der Waals surface area contributed by atoms with E-state index in [0.717, 1.165) is 64.5 Å². The molecule has 0 fully saturated rings. The first-order valence-corrected chi connectivity index (χ1v) is 13.4. The van der Waals surface area contributed by atoms with Crippen molar-refractivity contribution in [1.29, 1.82) is 0 Å². The number of para-hydroxylation sites is 3. The molecule has 0 bridgehead atoms. The smallest absolute Gasteiger partial charge is 0.163 e. The molecule has 1 aliphatic heterocycles. The highest BCUT2D eigenvalue weighted by Crippen LogP contribution is 2.45. The fraction of sp³-hybridized carbons (Fsp3) is 0.344. The van der Waals surface area contributed by atoms with E-state index in [2.05, 4.69) is 47.9 Å². The highest BCUT2D eigenvalue weighted by Gasteiger charge is 2.37. The van der Waals surface area contributed by atoms with Crippen LogP contribution in [0.1, 0.15) is 69.5 Å². The lowest BCUT2D eigenvalue weighted by Gasteiger charge is -2.30. The summed E-state index contributed by atoms with van der Waals surface area (Å²) in [5.74, 6) is 1.95. The zero-order valence-electron chi connectivity index (χ0n) is 21.9. The number of anilines is 2. The van der Waals surface area contributed by atoms with Crippen LogP contribution in [0.5, 0.6) is 11.5 Å². The minimum atomic E-state index is -0.292. The summed E-state index contributed by atoms with van der Waals surface area (Å²) >= 11 is 0. The van der Waals surface area contributed by atoms with Crippen LogP contribution in [0.4, 0.5) is 11.4 Å². The quantitative estimate of drug-likeness (QED) is 0.314. The molecule has 1 heterocycles. The van der Waals surface area contributed by atoms with E-state index in [9.17, 15) is 4.79 Å². The van der Waals surface area contributed by atoms with Crippen LogP contribution in [-0.4, -0.2) is 18.5 Å². The third kappa shape index (κ3) is 5.51. The number of Topliss-reactive ketones (excluding diaryl/α,β-unsaturated/α-hetero) is 1. The molecule has 2 N–H and O–H groups in total. The Labute approximate surface area is 219 Å². The fourth-order valence-electron chi connectivity index (χ4n) is 5.23. The molecular weight excluding hydrogens is 460 g/mol. The second-order valence-corrected chi connectivity index (χ2v) is 10.1. The van der Waals surface area contributed by atoms with E-state index in [1.54, 1.807) is 0 Å². The molecule has 5 heteroatoms. The van der Waals surface area contributed by atoms with Crippen LogP contribution in [-0.2, 0) is 4.79 Å². The van der Waals surface area contributed by atoms with E-state index in [1.807, 2.05) is 56.3 Å². The minimum absolute atomic E-state index is 0.105. The van der Waals surface area contributed by atoms with E-state index in [0.29, 0.717) is 13.0 Å². The van der Waals surface area contributed by atoms with E-state index >= 15 is 0 Å². The van der Waals surface area contributed by atoms with Gasteiger partial charge in [-0.3, -0.25) is 4.79 Å². The van der Waals surface area contributed by atoms with Crippen molar-refractivity contribution < 1.29 is 14.3 Å². The lowest BCUT2D eigenvalue weighted by molar-refractivity contribution is -0.116. The van der Waals surface area contributed by atoms with E-state index in [4.69, 9.17) is 9.47 Å². The van der Waals surface area contributed by atoms with Gasteiger partial charge in [-0.1, -0.05) is 55.8 Å². The largest absolute Gasteiger partial charge is 0.493 e. The van der Waals surface area contributed by atoms with Gasteiger partial charge in [-0.15, -0.1) is 0 Å². The van der Waals surface area contributed by atoms with Crippen LogP contribution >= 0.6 is 0 Å². The molecule has 0 amide bonds. The number of ether oxygens (including phenoxy) is 2. The number of benzene rings is 3. The summed E-state index contributed by atoms with van der Waals surface area (Å²) in [6.45, 7) is 6.86. The number of hydrogen-bond donors (Lipinski definition) is 2. The number of nitrogens with one attached hydrogen (secondary N) is 2. The first-order chi connectivity index (χ1) is 18.0. The van der Waals surface area contributed by atoms with Crippen molar-refractivity contribution in [1.82, 2.24) is 0 Å². The van der Waals surface area contributed by atoms with Crippen molar-refractivity contribution in [3.63, 3.8) is 0 Å². The minimum Gasteiger partial charge on any atom is -0.493 e. The van der Waals surface area contributed by atoms with Crippen molar-refractivity contribution in [2.75, 3.05) is 17.2 Å². The average Bonchev–Trinajstić information content (AvgIpc) is 3.06. The molecule has 1 aliphatic carbocycles. The second-order valence-electron chi connectivity index (χ2n) is 10.1. The van der Waals surface area contributed by atoms with Crippen molar-refractivity contribution in [3.8, 4) is 11.5 Å². The van der Waals surface area contributed by atoms with E-state index in [1.165, 1.54) is 0 Å². The summed E-state index contributed by atoms with van der Waals surface area (Å²) in [5, 5.41) is 7.31. The van der Waals surface area contributed by atoms with Crippen molar-refractivity contribution in [2.24, 2.45) is 0 Å². The van der Waals surface area contributed by atoms with Gasteiger partial charge < -0.3 is 20.1 Å². The van der Waals surface area contributed by atoms with Crippen LogP contribution in [0, 0.1) is 0 Å². The van der Waals surface area contributed by atoms with Crippen molar-refractivity contribution in [2.45, 2.75) is 64.5 Å². The van der Waals surface area contributed by atoms with Crippen LogP contribution in [0.2, 0.25) is 0 Å². The van der Waals surface area contributed by atoms with Crippen LogP contribution < -0.4 is 20.1 Å². The molecule has 0 radical (unpaired) electrons. The van der Waals surface area contributed by atoms with Gasteiger partial charge in [-0.25, -0.2) is 0 Å². The summed E-state index contributed by atoms with van der Waals surface area (Å²) in [5.41, 5.74) is 5.89. The van der Waals surface area contributed by atoms with Gasteiger partial charge in [-0.2, -0.15) is 0 Å². The Bertz CT molecular complexity index is 1280. The molecule has 2 unspecified atom stereocenters. The van der Waals surface area contributed by atoms with Gasteiger partial charge in [0.05, 0.1) is 30.1 Å². The Morgan fingerprint density at radius 3 is 2.41 bits per heavy atom. The number of carbonyl (C=O) groups is 1. The van der Waals surface area contributed by atoms with Crippen molar-refractivity contribution in [3.05, 3.63) is 95.2 Å². The predicted octanol–water partition coefficient (Wildman–Crippen LogP) is 7.63. The van der Waals surface area contributed by atoms with Gasteiger partial charge in [0.2, 0.25) is 0 Å². The summed E-state index contributed by atoms with van der Waals surface area (Å²) in [7, 11) is 0. The number of unbranched alkanes of at least 4 members (excludes halogenated alkanes) is 1. The normalized spacial score (nSPS) is 18.9. The molecule has 192 valence electrons. The standard InChI is InChI=1S/C32H36N2O3/c1-4-5-18-36-30-13-9-6-10-25(30)32-31-28(33-26-11-7-8-12-27(26)34-32)19-23(20-29(31)35)22-14-16-24(17-15-22)37-21(2)3/h6-17,21,23,32-34H,4-5,18-20H2,1-3H3. The number of ketones is 1.